The molecule has 142 valence electrons. The smallest absolute Gasteiger partial charge is 0.407 e. The minimum Gasteiger partial charge on any atom is -0.444 e. The lowest BCUT2D eigenvalue weighted by molar-refractivity contribution is 0.0501. The molecule has 0 spiro atoms. The number of hydrogen-bond donors (Lipinski definition) is 2. The summed E-state index contributed by atoms with van der Waals surface area (Å²) in [5, 5.41) is 13.6. The lowest BCUT2D eigenvalue weighted by Gasteiger charge is -2.33. The van der Waals surface area contributed by atoms with E-state index in [9.17, 15) is 9.59 Å². The molecule has 2 rings (SSSR count). The standard InChI is InChI=1S/C18H27N5O3/c1-6-18(7-2,11-19-16(25)26-17(3,4)5)21-15(24)13-8-9-14-22-20-12-23(14)10-13/h8-10,12H,6-7,11H2,1-5H3,(H,19,25)(H,21,24). The zero-order chi connectivity index (χ0) is 19.4. The molecule has 0 bridgehead atoms. The molecule has 2 aromatic rings. The van der Waals surface area contributed by atoms with Crippen LogP contribution < -0.4 is 10.6 Å². The van der Waals surface area contributed by atoms with E-state index in [1.54, 1.807) is 29.1 Å². The molecule has 8 heteroatoms. The van der Waals surface area contributed by atoms with Crippen molar-refractivity contribution in [2.75, 3.05) is 6.54 Å². The van der Waals surface area contributed by atoms with Gasteiger partial charge in [-0.2, -0.15) is 0 Å². The fourth-order valence-electron chi connectivity index (χ4n) is 2.55. The molecule has 0 saturated heterocycles. The van der Waals surface area contributed by atoms with E-state index in [0.29, 0.717) is 24.1 Å². The van der Waals surface area contributed by atoms with Gasteiger partial charge in [0.05, 0.1) is 11.1 Å². The van der Waals surface area contributed by atoms with Crippen molar-refractivity contribution in [2.45, 2.75) is 58.6 Å². The molecule has 0 aliphatic rings. The highest BCUT2D eigenvalue weighted by Crippen LogP contribution is 2.16. The number of carbonyl (C=O) groups excluding carboxylic acids is 2. The van der Waals surface area contributed by atoms with Crippen LogP contribution in [0.4, 0.5) is 4.79 Å². The summed E-state index contributed by atoms with van der Waals surface area (Å²) in [4.78, 5) is 24.7. The highest BCUT2D eigenvalue weighted by Gasteiger charge is 2.30. The van der Waals surface area contributed by atoms with Crippen LogP contribution in [0.1, 0.15) is 57.8 Å². The van der Waals surface area contributed by atoms with E-state index in [1.807, 2.05) is 34.6 Å². The van der Waals surface area contributed by atoms with Crippen LogP contribution in [0.15, 0.2) is 24.7 Å². The Morgan fingerprint density at radius 2 is 1.88 bits per heavy atom. The first-order valence-electron chi connectivity index (χ1n) is 8.77. The number of nitrogens with zero attached hydrogens (tertiary/aromatic N) is 3. The van der Waals surface area contributed by atoms with Gasteiger partial charge in [0.15, 0.2) is 5.65 Å². The van der Waals surface area contributed by atoms with Gasteiger partial charge >= 0.3 is 6.09 Å². The SMILES string of the molecule is CCC(CC)(CNC(=O)OC(C)(C)C)NC(=O)c1ccc2nncn2c1. The fourth-order valence-corrected chi connectivity index (χ4v) is 2.55. The van der Waals surface area contributed by atoms with Crippen molar-refractivity contribution in [1.29, 1.82) is 0 Å². The van der Waals surface area contributed by atoms with E-state index in [4.69, 9.17) is 4.74 Å². The molecule has 2 amide bonds. The first-order valence-corrected chi connectivity index (χ1v) is 8.77. The second kappa shape index (κ2) is 7.72. The average molecular weight is 361 g/mol. The van der Waals surface area contributed by atoms with E-state index in [1.165, 1.54) is 0 Å². The molecule has 0 unspecified atom stereocenters. The summed E-state index contributed by atoms with van der Waals surface area (Å²) in [6, 6.07) is 3.44. The average Bonchev–Trinajstić information content (AvgIpc) is 3.04. The van der Waals surface area contributed by atoms with Crippen LogP contribution in [0.2, 0.25) is 0 Å². The second-order valence-electron chi connectivity index (χ2n) is 7.31. The molecule has 0 radical (unpaired) electrons. The molecule has 2 N–H and O–H groups in total. The number of ether oxygens (including phenoxy) is 1. The Labute approximate surface area is 153 Å². The van der Waals surface area contributed by atoms with Crippen LogP contribution in [0.3, 0.4) is 0 Å². The summed E-state index contributed by atoms with van der Waals surface area (Å²) in [6.45, 7) is 9.66. The van der Waals surface area contributed by atoms with Crippen molar-refractivity contribution < 1.29 is 14.3 Å². The van der Waals surface area contributed by atoms with Gasteiger partial charge in [-0.15, -0.1) is 10.2 Å². The highest BCUT2D eigenvalue weighted by atomic mass is 16.6. The maximum Gasteiger partial charge on any atom is 0.407 e. The Kier molecular flexibility index (Phi) is 5.84. The third kappa shape index (κ3) is 4.93. The van der Waals surface area contributed by atoms with Gasteiger partial charge in [-0.3, -0.25) is 9.20 Å². The molecule has 0 saturated carbocycles. The van der Waals surface area contributed by atoms with Crippen LogP contribution in [0, 0.1) is 0 Å². The van der Waals surface area contributed by atoms with Gasteiger partial charge < -0.3 is 15.4 Å². The summed E-state index contributed by atoms with van der Waals surface area (Å²) < 4.78 is 6.96. The number of aromatic nitrogens is 3. The van der Waals surface area contributed by atoms with E-state index in [-0.39, 0.29) is 12.5 Å². The molecule has 0 fully saturated rings. The summed E-state index contributed by atoms with van der Waals surface area (Å²) in [5.74, 6) is -0.213. The first-order chi connectivity index (χ1) is 12.2. The number of fused-ring (bicyclic) bond motifs is 1. The molecular weight excluding hydrogens is 334 g/mol. The van der Waals surface area contributed by atoms with Crippen LogP contribution in [-0.4, -0.2) is 44.3 Å². The fraction of sp³-hybridized carbons (Fsp3) is 0.556. The third-order valence-corrected chi connectivity index (χ3v) is 4.26. The zero-order valence-corrected chi connectivity index (χ0v) is 16.0. The summed E-state index contributed by atoms with van der Waals surface area (Å²) in [5.41, 5.74) is 0.0462. The first kappa shape index (κ1) is 19.7. The van der Waals surface area contributed by atoms with Crippen LogP contribution in [0.5, 0.6) is 0 Å². The molecule has 0 aliphatic carbocycles. The number of pyridine rings is 1. The van der Waals surface area contributed by atoms with Gasteiger partial charge in [0.1, 0.15) is 11.9 Å². The maximum absolute atomic E-state index is 12.7. The van der Waals surface area contributed by atoms with Gasteiger partial charge in [0, 0.05) is 12.7 Å². The molecule has 0 aliphatic heterocycles. The van der Waals surface area contributed by atoms with E-state index in [0.717, 1.165) is 0 Å². The Morgan fingerprint density at radius 3 is 2.50 bits per heavy atom. The lowest BCUT2D eigenvalue weighted by Crippen LogP contribution is -2.55. The van der Waals surface area contributed by atoms with Crippen molar-refractivity contribution in [2.24, 2.45) is 0 Å². The molecular formula is C18H27N5O3. The van der Waals surface area contributed by atoms with Crippen molar-refractivity contribution in [3.05, 3.63) is 30.2 Å². The van der Waals surface area contributed by atoms with Gasteiger partial charge in [-0.25, -0.2) is 4.79 Å². The van der Waals surface area contributed by atoms with Gasteiger partial charge in [-0.05, 0) is 45.7 Å². The number of rotatable bonds is 6. The van der Waals surface area contributed by atoms with E-state index >= 15 is 0 Å². The second-order valence-corrected chi connectivity index (χ2v) is 7.31. The Balaban J connectivity index is 2.07. The van der Waals surface area contributed by atoms with Crippen molar-refractivity contribution >= 4 is 17.6 Å². The van der Waals surface area contributed by atoms with E-state index in [2.05, 4.69) is 20.8 Å². The molecule has 0 aromatic carbocycles. The molecule has 2 aromatic heterocycles. The largest absolute Gasteiger partial charge is 0.444 e. The van der Waals surface area contributed by atoms with Crippen LogP contribution >= 0.6 is 0 Å². The van der Waals surface area contributed by atoms with Crippen molar-refractivity contribution in [1.82, 2.24) is 25.2 Å². The molecule has 0 atom stereocenters. The quantitative estimate of drug-likeness (QED) is 0.824. The lowest BCUT2D eigenvalue weighted by atomic mass is 9.92. The maximum atomic E-state index is 12.7. The van der Waals surface area contributed by atoms with Crippen LogP contribution in [0.25, 0.3) is 5.65 Å². The van der Waals surface area contributed by atoms with Crippen molar-refractivity contribution in [3.8, 4) is 0 Å². The number of alkyl carbamates (subject to hydrolysis) is 1. The topological polar surface area (TPSA) is 97.6 Å². The Morgan fingerprint density at radius 1 is 1.19 bits per heavy atom. The molecule has 26 heavy (non-hydrogen) atoms. The van der Waals surface area contributed by atoms with Gasteiger partial charge in [0.2, 0.25) is 0 Å². The van der Waals surface area contributed by atoms with Crippen molar-refractivity contribution in [3.63, 3.8) is 0 Å². The number of carbonyl (C=O) groups is 2. The predicted molar refractivity (Wildman–Crippen MR) is 98.0 cm³/mol. The van der Waals surface area contributed by atoms with Gasteiger partial charge in [0.25, 0.3) is 5.91 Å². The Bertz CT molecular complexity index is 774. The Hall–Kier alpha value is -2.64. The normalized spacial score (nSPS) is 12.0. The zero-order valence-electron chi connectivity index (χ0n) is 16.0. The number of amides is 2. The van der Waals surface area contributed by atoms with Crippen LogP contribution in [-0.2, 0) is 4.74 Å². The predicted octanol–water partition coefficient (Wildman–Crippen LogP) is 2.54. The summed E-state index contributed by atoms with van der Waals surface area (Å²) in [7, 11) is 0. The third-order valence-electron chi connectivity index (χ3n) is 4.26. The summed E-state index contributed by atoms with van der Waals surface area (Å²) >= 11 is 0. The minimum absolute atomic E-state index is 0.213. The monoisotopic (exact) mass is 361 g/mol. The highest BCUT2D eigenvalue weighted by molar-refractivity contribution is 5.94. The molecule has 2 heterocycles. The summed E-state index contributed by atoms with van der Waals surface area (Å²) in [6.07, 6.45) is 4.06. The minimum atomic E-state index is -0.567. The number of hydrogen-bond acceptors (Lipinski definition) is 5. The van der Waals surface area contributed by atoms with Gasteiger partial charge in [-0.1, -0.05) is 13.8 Å². The van der Waals surface area contributed by atoms with E-state index < -0.39 is 17.2 Å². The number of nitrogens with one attached hydrogen (secondary N) is 2. The molecule has 8 nitrogen and oxygen atoms in total.